The third-order valence-corrected chi connectivity index (χ3v) is 4.25. The summed E-state index contributed by atoms with van der Waals surface area (Å²) in [6.45, 7) is -0.0129. The smallest absolute Gasteiger partial charge is 0.464 e. The van der Waals surface area contributed by atoms with E-state index >= 15 is 0 Å². The molecule has 8 nitrogen and oxygen atoms in total. The van der Waals surface area contributed by atoms with Gasteiger partial charge in [-0.25, -0.2) is 9.78 Å². The van der Waals surface area contributed by atoms with Crippen molar-refractivity contribution in [2.45, 2.75) is 12.1 Å². The zero-order valence-corrected chi connectivity index (χ0v) is 15.0. The Labute approximate surface area is 157 Å². The van der Waals surface area contributed by atoms with Gasteiger partial charge in [-0.05, 0) is 11.6 Å². The molecule has 0 atom stereocenters. The first-order valence-electron chi connectivity index (χ1n) is 7.46. The minimum absolute atomic E-state index is 0.0129. The number of pyridine rings is 1. The SMILES string of the molecule is COC(=O)c1cc(C(=O)NCc2ccccc2)c(OS(=O)(=O)C(F)(F)F)cn1. The van der Waals surface area contributed by atoms with Crippen LogP contribution in [0.4, 0.5) is 13.2 Å². The van der Waals surface area contributed by atoms with Crippen molar-refractivity contribution in [3.05, 3.63) is 59.4 Å². The second kappa shape index (κ2) is 8.25. The van der Waals surface area contributed by atoms with Crippen LogP contribution in [0.25, 0.3) is 0 Å². The number of esters is 1. The molecule has 1 aromatic heterocycles. The molecule has 0 unspecified atom stereocenters. The number of aromatic nitrogens is 1. The number of carbonyl (C=O) groups is 2. The highest BCUT2D eigenvalue weighted by Crippen LogP contribution is 2.29. The minimum atomic E-state index is -6.05. The van der Waals surface area contributed by atoms with Gasteiger partial charge in [0.05, 0.1) is 18.9 Å². The predicted molar refractivity (Wildman–Crippen MR) is 88.8 cm³/mol. The van der Waals surface area contributed by atoms with E-state index in [4.69, 9.17) is 0 Å². The first-order chi connectivity index (χ1) is 13.0. The van der Waals surface area contributed by atoms with Crippen molar-refractivity contribution in [1.82, 2.24) is 10.3 Å². The monoisotopic (exact) mass is 418 g/mol. The summed E-state index contributed by atoms with van der Waals surface area (Å²) in [5.74, 6) is -2.96. The van der Waals surface area contributed by atoms with Gasteiger partial charge in [0, 0.05) is 6.54 Å². The lowest BCUT2D eigenvalue weighted by molar-refractivity contribution is -0.0500. The fourth-order valence-corrected chi connectivity index (χ4v) is 2.41. The van der Waals surface area contributed by atoms with Crippen LogP contribution >= 0.6 is 0 Å². The van der Waals surface area contributed by atoms with Gasteiger partial charge in [0.15, 0.2) is 5.75 Å². The summed E-state index contributed by atoms with van der Waals surface area (Å²) in [7, 11) is -5.02. The lowest BCUT2D eigenvalue weighted by atomic mass is 10.1. The first-order valence-corrected chi connectivity index (χ1v) is 8.87. The van der Waals surface area contributed by atoms with Crippen LogP contribution in [0.15, 0.2) is 42.6 Å². The highest BCUT2D eigenvalue weighted by molar-refractivity contribution is 7.88. The zero-order valence-electron chi connectivity index (χ0n) is 14.2. The van der Waals surface area contributed by atoms with Crippen molar-refractivity contribution < 1.29 is 40.1 Å². The number of hydrogen-bond acceptors (Lipinski definition) is 7. The number of benzene rings is 1. The molecule has 1 heterocycles. The normalized spacial score (nSPS) is 11.6. The van der Waals surface area contributed by atoms with Crippen LogP contribution < -0.4 is 9.50 Å². The van der Waals surface area contributed by atoms with E-state index in [9.17, 15) is 31.2 Å². The molecule has 0 saturated carbocycles. The molecule has 0 aliphatic heterocycles. The molecule has 2 aromatic rings. The predicted octanol–water partition coefficient (Wildman–Crippen LogP) is 2.03. The summed E-state index contributed by atoms with van der Waals surface area (Å²) in [4.78, 5) is 27.4. The number of nitrogens with one attached hydrogen (secondary N) is 1. The van der Waals surface area contributed by atoms with E-state index in [1.807, 2.05) is 0 Å². The van der Waals surface area contributed by atoms with E-state index in [2.05, 4.69) is 19.2 Å². The Balaban J connectivity index is 2.37. The Kier molecular flexibility index (Phi) is 6.23. The summed E-state index contributed by atoms with van der Waals surface area (Å²) in [6, 6.07) is 9.27. The first kappa shape index (κ1) is 21.2. The van der Waals surface area contributed by atoms with Crippen LogP contribution in [0.1, 0.15) is 26.4 Å². The molecule has 2 rings (SSSR count). The van der Waals surface area contributed by atoms with Crippen LogP contribution in [0.2, 0.25) is 0 Å². The van der Waals surface area contributed by atoms with Crippen LogP contribution in [-0.4, -0.2) is 37.9 Å². The lowest BCUT2D eigenvalue weighted by Crippen LogP contribution is -2.30. The molecule has 28 heavy (non-hydrogen) atoms. The van der Waals surface area contributed by atoms with Gasteiger partial charge in [-0.15, -0.1) is 0 Å². The van der Waals surface area contributed by atoms with E-state index in [-0.39, 0.29) is 6.54 Å². The summed E-state index contributed by atoms with van der Waals surface area (Å²) in [5.41, 5.74) is -6.11. The zero-order chi connectivity index (χ0) is 20.9. The van der Waals surface area contributed by atoms with Gasteiger partial charge < -0.3 is 14.2 Å². The molecule has 0 saturated heterocycles. The van der Waals surface area contributed by atoms with Crippen molar-refractivity contribution in [1.29, 1.82) is 0 Å². The molecular weight excluding hydrogens is 405 g/mol. The Hall–Kier alpha value is -3.15. The quantitative estimate of drug-likeness (QED) is 0.434. The van der Waals surface area contributed by atoms with E-state index in [1.165, 1.54) is 0 Å². The Morgan fingerprint density at radius 2 is 1.82 bits per heavy atom. The van der Waals surface area contributed by atoms with Crippen LogP contribution in [-0.2, 0) is 21.4 Å². The lowest BCUT2D eigenvalue weighted by Gasteiger charge is -2.13. The van der Waals surface area contributed by atoms with E-state index in [0.717, 1.165) is 13.2 Å². The number of amides is 1. The topological polar surface area (TPSA) is 112 Å². The maximum absolute atomic E-state index is 12.6. The summed E-state index contributed by atoms with van der Waals surface area (Å²) in [5, 5.41) is 2.39. The second-order valence-electron chi connectivity index (χ2n) is 5.21. The number of ether oxygens (including phenoxy) is 1. The van der Waals surface area contributed by atoms with Gasteiger partial charge in [-0.1, -0.05) is 30.3 Å². The van der Waals surface area contributed by atoms with Crippen molar-refractivity contribution in [3.63, 3.8) is 0 Å². The van der Waals surface area contributed by atoms with E-state index < -0.39 is 44.5 Å². The average Bonchev–Trinajstić information content (AvgIpc) is 2.65. The molecule has 150 valence electrons. The van der Waals surface area contributed by atoms with Crippen molar-refractivity contribution in [2.24, 2.45) is 0 Å². The maximum Gasteiger partial charge on any atom is 0.534 e. The number of nitrogens with zero attached hydrogens (tertiary/aromatic N) is 1. The molecule has 1 amide bonds. The highest BCUT2D eigenvalue weighted by Gasteiger charge is 2.49. The number of halogens is 3. The van der Waals surface area contributed by atoms with Gasteiger partial charge in [-0.2, -0.15) is 21.6 Å². The van der Waals surface area contributed by atoms with Gasteiger partial charge in [0.2, 0.25) is 0 Å². The molecule has 0 aliphatic carbocycles. The van der Waals surface area contributed by atoms with Crippen molar-refractivity contribution >= 4 is 22.0 Å². The van der Waals surface area contributed by atoms with Gasteiger partial charge in [0.25, 0.3) is 5.91 Å². The number of alkyl halides is 3. The number of methoxy groups -OCH3 is 1. The summed E-state index contributed by atoms with van der Waals surface area (Å²) >= 11 is 0. The van der Waals surface area contributed by atoms with Gasteiger partial charge in [-0.3, -0.25) is 4.79 Å². The average molecular weight is 418 g/mol. The fourth-order valence-electron chi connectivity index (χ4n) is 1.94. The van der Waals surface area contributed by atoms with Crippen LogP contribution in [0, 0.1) is 0 Å². The third-order valence-electron chi connectivity index (χ3n) is 3.29. The Morgan fingerprint density at radius 1 is 1.18 bits per heavy atom. The fraction of sp³-hybridized carbons (Fsp3) is 0.188. The highest BCUT2D eigenvalue weighted by atomic mass is 32.2. The molecule has 0 spiro atoms. The number of rotatable bonds is 6. The molecule has 0 radical (unpaired) electrons. The van der Waals surface area contributed by atoms with Gasteiger partial charge in [0.1, 0.15) is 5.69 Å². The molecule has 1 aromatic carbocycles. The van der Waals surface area contributed by atoms with Gasteiger partial charge >= 0.3 is 21.6 Å². The maximum atomic E-state index is 12.6. The Bertz CT molecular complexity index is 978. The number of hydrogen-bond donors (Lipinski definition) is 1. The second-order valence-corrected chi connectivity index (χ2v) is 6.75. The number of carbonyl (C=O) groups excluding carboxylic acids is 2. The summed E-state index contributed by atoms with van der Waals surface area (Å²) in [6.07, 6.45) is 0.521. The van der Waals surface area contributed by atoms with Crippen molar-refractivity contribution in [3.8, 4) is 5.75 Å². The van der Waals surface area contributed by atoms with Crippen molar-refractivity contribution in [2.75, 3.05) is 7.11 Å². The Morgan fingerprint density at radius 3 is 2.39 bits per heavy atom. The summed E-state index contributed by atoms with van der Waals surface area (Å²) < 4.78 is 68.7. The largest absolute Gasteiger partial charge is 0.534 e. The van der Waals surface area contributed by atoms with E-state index in [0.29, 0.717) is 11.8 Å². The van der Waals surface area contributed by atoms with E-state index in [1.54, 1.807) is 30.3 Å². The van der Waals surface area contributed by atoms with Crippen LogP contribution in [0.5, 0.6) is 5.75 Å². The molecular formula is C16H13F3N2O6S. The standard InChI is InChI=1S/C16H13F3N2O6S/c1-26-15(23)12-7-11(14(22)21-8-10-5-3-2-4-6-10)13(9-20-12)27-28(24,25)16(17,18)19/h2-7,9H,8H2,1H3,(H,21,22). The minimum Gasteiger partial charge on any atom is -0.464 e. The molecule has 0 fully saturated rings. The molecule has 12 heteroatoms. The molecule has 0 aliphatic rings. The molecule has 1 N–H and O–H groups in total. The van der Waals surface area contributed by atoms with Crippen LogP contribution in [0.3, 0.4) is 0 Å². The third kappa shape index (κ3) is 4.97. The molecule has 0 bridgehead atoms.